The van der Waals surface area contributed by atoms with E-state index in [2.05, 4.69) is 433 Å². The van der Waals surface area contributed by atoms with E-state index >= 15 is 0 Å². The third-order valence-electron chi connectivity index (χ3n) is 25.3. The Morgan fingerprint density at radius 1 is 0.242 bits per heavy atom. The molecular formula is C114H110BN5. The van der Waals surface area contributed by atoms with Crippen LogP contribution in [-0.4, -0.2) is 11.3 Å². The van der Waals surface area contributed by atoms with Gasteiger partial charge in [-0.2, -0.15) is 10.5 Å². The van der Waals surface area contributed by atoms with Gasteiger partial charge in [0.2, 0.25) is 0 Å². The van der Waals surface area contributed by atoms with Gasteiger partial charge in [0.15, 0.2) is 0 Å². The van der Waals surface area contributed by atoms with Crippen molar-refractivity contribution in [3.63, 3.8) is 0 Å². The van der Waals surface area contributed by atoms with Gasteiger partial charge < -0.3 is 14.4 Å². The van der Waals surface area contributed by atoms with E-state index in [1.807, 2.05) is 24.3 Å². The fourth-order valence-corrected chi connectivity index (χ4v) is 18.2. The van der Waals surface area contributed by atoms with Crippen LogP contribution in [0.5, 0.6) is 0 Å². The van der Waals surface area contributed by atoms with Crippen molar-refractivity contribution in [2.24, 2.45) is 0 Å². The summed E-state index contributed by atoms with van der Waals surface area (Å²) in [5, 5.41) is 24.9. The van der Waals surface area contributed by atoms with Gasteiger partial charge in [-0.1, -0.05) is 352 Å². The number of hydrogen-bond acceptors (Lipinski definition) is 4. The molecule has 0 unspecified atom stereocenters. The van der Waals surface area contributed by atoms with Gasteiger partial charge in [0.25, 0.3) is 6.71 Å². The first-order valence-electron chi connectivity index (χ1n) is 42.8. The number of hydrogen-bond donors (Lipinski definition) is 0. The summed E-state index contributed by atoms with van der Waals surface area (Å²) in [6.07, 6.45) is 0. The van der Waals surface area contributed by atoms with Gasteiger partial charge in [-0.05, 0) is 228 Å². The first-order chi connectivity index (χ1) is 56.8. The molecule has 120 heavy (non-hydrogen) atoms. The van der Waals surface area contributed by atoms with Gasteiger partial charge in [0.05, 0.1) is 45.7 Å². The van der Waals surface area contributed by atoms with Crippen LogP contribution < -0.4 is 26.2 Å². The molecule has 0 fully saturated rings. The Morgan fingerprint density at radius 3 is 0.967 bits per heavy atom. The van der Waals surface area contributed by atoms with Crippen LogP contribution in [0.3, 0.4) is 0 Å². The van der Waals surface area contributed by atoms with Crippen molar-refractivity contribution in [1.82, 2.24) is 4.57 Å². The summed E-state index contributed by atoms with van der Waals surface area (Å²) in [5.74, 6) is 0. The average Bonchev–Trinajstić information content (AvgIpc) is 0.686. The molecule has 0 saturated heterocycles. The normalized spacial score (nSPS) is 13.1. The van der Waals surface area contributed by atoms with Gasteiger partial charge >= 0.3 is 0 Å². The number of fused-ring (bicyclic) bond motifs is 7. The van der Waals surface area contributed by atoms with E-state index in [9.17, 15) is 10.5 Å². The monoisotopic (exact) mass is 1560 g/mol. The van der Waals surface area contributed by atoms with E-state index < -0.39 is 5.41 Å². The minimum absolute atomic E-state index is 0.155. The quantitative estimate of drug-likeness (QED) is 0.128. The number of nitriles is 2. The first kappa shape index (κ1) is 80.0. The lowest BCUT2D eigenvalue weighted by Gasteiger charge is -2.46. The highest BCUT2D eigenvalue weighted by Gasteiger charge is 2.47. The molecule has 15 aromatic rings. The van der Waals surface area contributed by atoms with Crippen molar-refractivity contribution in [1.29, 1.82) is 10.5 Å². The van der Waals surface area contributed by atoms with E-state index in [1.165, 1.54) is 66.2 Å². The Bertz CT molecular complexity index is 6570. The summed E-state index contributed by atoms with van der Waals surface area (Å²) in [7, 11) is 0. The zero-order chi connectivity index (χ0) is 84.8. The molecular weight excluding hydrogens is 1450 g/mol. The van der Waals surface area contributed by atoms with Crippen molar-refractivity contribution in [3.8, 4) is 95.7 Å². The van der Waals surface area contributed by atoms with E-state index in [0.29, 0.717) is 11.1 Å². The summed E-state index contributed by atoms with van der Waals surface area (Å²) in [6, 6.07) is 113. The zero-order valence-electron chi connectivity index (χ0n) is 73.9. The first-order valence-corrected chi connectivity index (χ1v) is 42.8. The minimum atomic E-state index is -0.437. The number of rotatable bonds is 10. The maximum atomic E-state index is 11.3. The van der Waals surface area contributed by atoms with Crippen LogP contribution >= 0.6 is 0 Å². The summed E-state index contributed by atoms with van der Waals surface area (Å²) in [6.45, 7) is 48.9. The molecule has 2 aliphatic heterocycles. The molecule has 3 heterocycles. The van der Waals surface area contributed by atoms with Crippen LogP contribution in [0, 0.1) is 22.7 Å². The minimum Gasteiger partial charge on any atom is -0.310 e. The second-order valence-corrected chi connectivity index (χ2v) is 41.0. The lowest BCUT2D eigenvalue weighted by atomic mass is 9.33. The Morgan fingerprint density at radius 2 is 0.575 bits per heavy atom. The fourth-order valence-electron chi connectivity index (χ4n) is 18.2. The Kier molecular flexibility index (Phi) is 19.5. The number of benzene rings is 14. The Hall–Kier alpha value is -12.5. The van der Waals surface area contributed by atoms with E-state index in [0.717, 1.165) is 129 Å². The van der Waals surface area contributed by atoms with E-state index in [-0.39, 0.29) is 39.2 Å². The molecule has 594 valence electrons. The Labute approximate surface area is 713 Å². The summed E-state index contributed by atoms with van der Waals surface area (Å²) in [5.41, 5.74) is 35.8. The lowest BCUT2D eigenvalue weighted by molar-refractivity contribution is 0.568. The molecule has 0 N–H and O–H groups in total. The standard InChI is InChI=1S/C114H110BN5/c1-108(2,3)81-52-76(53-82(63-81)109(4,5)6)73-48-51-101-98(62-73)115-97-50-49-88(118-99-46-34-32-44-91(99)92-45-33-35-47-100(92)118)68-102(97)120(107-94(72-38-26-23-27-39-72)59-80(90-43-31-29-41-75(90)70-117)61-96(107)78-56-85(112(13,14)15)65-86(57-78)113(16,17)18)104-67-87(114(19,20)21)66-103(105(104)115)119(101)106-93(71-36-24-22-25-37-71)58-79(89-42-30-28-40-74(89)69-116)60-95(106)77-54-83(110(7,8)9)64-84(55-77)111(10,11)12/h22-68H,1-21H3. The van der Waals surface area contributed by atoms with Crippen molar-refractivity contribution >= 4 is 79.0 Å². The van der Waals surface area contributed by atoms with Gasteiger partial charge in [-0.3, -0.25) is 0 Å². The highest BCUT2D eigenvalue weighted by Crippen LogP contribution is 2.57. The van der Waals surface area contributed by atoms with Crippen LogP contribution in [-0.2, 0) is 37.9 Å². The maximum absolute atomic E-state index is 11.3. The molecule has 14 aromatic carbocycles. The molecule has 17 rings (SSSR count). The largest absolute Gasteiger partial charge is 0.310 e. The average molecular weight is 1560 g/mol. The number of anilines is 6. The molecule has 0 radical (unpaired) electrons. The molecule has 0 amide bonds. The number of nitrogens with zero attached hydrogens (tertiary/aromatic N) is 5. The summed E-state index contributed by atoms with van der Waals surface area (Å²) >= 11 is 0. The highest BCUT2D eigenvalue weighted by molar-refractivity contribution is 7.00. The number of para-hydroxylation sites is 2. The smallest absolute Gasteiger partial charge is 0.252 e. The van der Waals surface area contributed by atoms with Crippen molar-refractivity contribution in [2.45, 2.75) is 183 Å². The van der Waals surface area contributed by atoms with Crippen LogP contribution in [0.2, 0.25) is 0 Å². The molecule has 0 bridgehead atoms. The van der Waals surface area contributed by atoms with Gasteiger partial charge in [-0.25, -0.2) is 0 Å². The van der Waals surface area contributed by atoms with Crippen LogP contribution in [0.4, 0.5) is 34.1 Å². The molecule has 6 heteroatoms. The summed E-state index contributed by atoms with van der Waals surface area (Å²) in [4.78, 5) is 5.42. The van der Waals surface area contributed by atoms with Crippen LogP contribution in [0.25, 0.3) is 105 Å². The third kappa shape index (κ3) is 14.3. The van der Waals surface area contributed by atoms with Crippen molar-refractivity contribution in [3.05, 3.63) is 335 Å². The van der Waals surface area contributed by atoms with Crippen molar-refractivity contribution < 1.29 is 0 Å². The molecule has 0 spiro atoms. The second kappa shape index (κ2) is 29.2. The fraction of sp³-hybridized carbons (Fsp3) is 0.246. The number of aromatic nitrogens is 1. The molecule has 0 atom stereocenters. The van der Waals surface area contributed by atoms with Gasteiger partial charge in [0.1, 0.15) is 0 Å². The molecule has 0 saturated carbocycles. The lowest BCUT2D eigenvalue weighted by Crippen LogP contribution is -2.61. The van der Waals surface area contributed by atoms with Gasteiger partial charge in [-0.15, -0.1) is 0 Å². The summed E-state index contributed by atoms with van der Waals surface area (Å²) < 4.78 is 2.49. The molecule has 1 aromatic heterocycles. The highest BCUT2D eigenvalue weighted by atomic mass is 15.2. The van der Waals surface area contributed by atoms with E-state index in [1.54, 1.807) is 0 Å². The van der Waals surface area contributed by atoms with E-state index in [4.69, 9.17) is 0 Å². The molecule has 5 nitrogen and oxygen atoms in total. The third-order valence-corrected chi connectivity index (χ3v) is 25.3. The Balaban J connectivity index is 1.12. The predicted octanol–water partition coefficient (Wildman–Crippen LogP) is 29.4. The van der Waals surface area contributed by atoms with Gasteiger partial charge in [0, 0.05) is 61.5 Å². The SMILES string of the molecule is CC(C)(C)c1cc(-c2ccc3c(c2)B2c4ccc(-n5c6ccccc6c6ccccc65)cc4N(c4c(-c5ccccc5)cc(-c5ccccc5C#N)cc4-c4cc(C(C)(C)C)cc(C(C)(C)C)c4)c4cc(C(C)(C)C)cc(c42)N3c2c(-c3ccccc3)cc(-c3ccccc3C#N)cc2-c2cc(C(C)(C)C)cc(C(C)(C)C)c2)cc(C(C)(C)C)c1. The van der Waals surface area contributed by atoms with Crippen LogP contribution in [0.1, 0.15) is 195 Å². The maximum Gasteiger partial charge on any atom is 0.252 e. The van der Waals surface area contributed by atoms with Crippen molar-refractivity contribution in [2.75, 3.05) is 9.80 Å². The van der Waals surface area contributed by atoms with Crippen LogP contribution in [0.15, 0.2) is 285 Å². The molecule has 2 aliphatic rings. The topological polar surface area (TPSA) is 59.0 Å². The predicted molar refractivity (Wildman–Crippen MR) is 513 cm³/mol. The zero-order valence-corrected chi connectivity index (χ0v) is 73.9. The second-order valence-electron chi connectivity index (χ2n) is 41.0. The molecule has 0 aliphatic carbocycles.